The van der Waals surface area contributed by atoms with Crippen LogP contribution in [-0.2, 0) is 0 Å². The molecular weight excluding hydrogens is 226 g/mol. The van der Waals surface area contributed by atoms with Crippen LogP contribution in [0.1, 0.15) is 71.1 Å². The largest absolute Gasteiger partial charge is 0.0962 e. The predicted octanol–water partition coefficient (Wildman–Crippen LogP) is 4.48. The maximum absolute atomic E-state index is 6.50. The standard InChI is InChI=1S/C17H28B2/c1-2-17(18,19)16-11-12-7-3-4-8-13(12)14-9-5-6-10-15(14)16/h12-16H,2-11H2,1H3. The maximum Gasteiger partial charge on any atom is 0.0624 e. The van der Waals surface area contributed by atoms with Crippen molar-refractivity contribution in [3.63, 3.8) is 0 Å². The van der Waals surface area contributed by atoms with Crippen LogP contribution in [0.25, 0.3) is 0 Å². The first kappa shape index (κ1) is 14.1. The van der Waals surface area contributed by atoms with Gasteiger partial charge in [-0.3, -0.25) is 0 Å². The third kappa shape index (κ3) is 2.54. The quantitative estimate of drug-likeness (QED) is 0.637. The molecule has 0 N–H and O–H groups in total. The minimum Gasteiger partial charge on any atom is -0.0962 e. The summed E-state index contributed by atoms with van der Waals surface area (Å²) in [5, 5.41) is -0.414. The Labute approximate surface area is 122 Å². The van der Waals surface area contributed by atoms with E-state index in [2.05, 4.69) is 6.92 Å². The summed E-state index contributed by atoms with van der Waals surface area (Å²) >= 11 is 0. The van der Waals surface area contributed by atoms with E-state index in [1.54, 1.807) is 0 Å². The van der Waals surface area contributed by atoms with E-state index in [9.17, 15) is 0 Å². The van der Waals surface area contributed by atoms with Gasteiger partial charge in [0.1, 0.15) is 0 Å². The van der Waals surface area contributed by atoms with Crippen molar-refractivity contribution in [3.05, 3.63) is 0 Å². The van der Waals surface area contributed by atoms with Crippen molar-refractivity contribution >= 4 is 15.7 Å². The van der Waals surface area contributed by atoms with E-state index < -0.39 is 5.21 Å². The van der Waals surface area contributed by atoms with Crippen molar-refractivity contribution in [1.82, 2.24) is 0 Å². The topological polar surface area (TPSA) is 0 Å². The average molecular weight is 254 g/mol. The monoisotopic (exact) mass is 254 g/mol. The van der Waals surface area contributed by atoms with Crippen LogP contribution in [0.5, 0.6) is 0 Å². The SMILES string of the molecule is [B]C([B])(CC)C1CC2CCCCC2C2CCCCC21. The van der Waals surface area contributed by atoms with Crippen molar-refractivity contribution in [1.29, 1.82) is 0 Å². The number of hydrogen-bond acceptors (Lipinski definition) is 0. The molecule has 19 heavy (non-hydrogen) atoms. The molecule has 0 nitrogen and oxygen atoms in total. The van der Waals surface area contributed by atoms with Crippen molar-refractivity contribution in [2.24, 2.45) is 29.6 Å². The van der Waals surface area contributed by atoms with Crippen LogP contribution < -0.4 is 0 Å². The van der Waals surface area contributed by atoms with Gasteiger partial charge in [0.2, 0.25) is 0 Å². The van der Waals surface area contributed by atoms with Gasteiger partial charge in [-0.1, -0.05) is 50.7 Å². The Morgan fingerprint density at radius 2 is 1.42 bits per heavy atom. The molecule has 0 heterocycles. The van der Waals surface area contributed by atoms with E-state index in [0.29, 0.717) is 5.92 Å². The van der Waals surface area contributed by atoms with Gasteiger partial charge in [-0.2, -0.15) is 0 Å². The van der Waals surface area contributed by atoms with Crippen molar-refractivity contribution < 1.29 is 0 Å². The molecule has 3 saturated carbocycles. The van der Waals surface area contributed by atoms with E-state index in [1.165, 1.54) is 57.8 Å². The Kier molecular flexibility index (Phi) is 4.07. The smallest absolute Gasteiger partial charge is 0.0624 e. The second-order valence-electron chi connectivity index (χ2n) is 7.63. The first-order valence-electron chi connectivity index (χ1n) is 8.71. The molecule has 0 aliphatic heterocycles. The summed E-state index contributed by atoms with van der Waals surface area (Å²) < 4.78 is 0. The highest BCUT2D eigenvalue weighted by atomic mass is 14.5. The molecule has 5 unspecified atom stereocenters. The lowest BCUT2D eigenvalue weighted by molar-refractivity contribution is -0.0218. The van der Waals surface area contributed by atoms with Gasteiger partial charge >= 0.3 is 0 Å². The highest BCUT2D eigenvalue weighted by Gasteiger charge is 2.48. The van der Waals surface area contributed by atoms with Crippen molar-refractivity contribution in [2.75, 3.05) is 0 Å². The van der Waals surface area contributed by atoms with Gasteiger partial charge in [-0.15, -0.1) is 0 Å². The van der Waals surface area contributed by atoms with E-state index in [4.69, 9.17) is 15.7 Å². The normalized spacial score (nSPS) is 43.3. The van der Waals surface area contributed by atoms with Gasteiger partial charge in [0, 0.05) is 0 Å². The molecule has 0 bridgehead atoms. The molecule has 3 aliphatic carbocycles. The van der Waals surface area contributed by atoms with Gasteiger partial charge in [-0.25, -0.2) is 0 Å². The molecule has 3 fully saturated rings. The van der Waals surface area contributed by atoms with Crippen LogP contribution in [0.2, 0.25) is 5.21 Å². The van der Waals surface area contributed by atoms with Gasteiger partial charge in [0.05, 0.1) is 15.7 Å². The highest BCUT2D eigenvalue weighted by Crippen LogP contribution is 2.58. The summed E-state index contributed by atoms with van der Waals surface area (Å²) in [4.78, 5) is 0. The molecule has 2 heteroatoms. The second kappa shape index (κ2) is 5.49. The summed E-state index contributed by atoms with van der Waals surface area (Å²) in [6.07, 6.45) is 13.8. The molecule has 0 aromatic carbocycles. The molecule has 4 radical (unpaired) electrons. The average Bonchev–Trinajstić information content (AvgIpc) is 2.46. The summed E-state index contributed by atoms with van der Waals surface area (Å²) in [5.74, 6) is 4.33. The molecule has 0 aromatic heterocycles. The fourth-order valence-electron chi connectivity index (χ4n) is 5.69. The molecule has 5 atom stereocenters. The highest BCUT2D eigenvalue weighted by molar-refractivity contribution is 6.40. The number of fused-ring (bicyclic) bond motifs is 3. The number of hydrogen-bond donors (Lipinski definition) is 0. The van der Waals surface area contributed by atoms with Crippen LogP contribution in [0.4, 0.5) is 0 Å². The molecule has 0 saturated heterocycles. The molecule has 3 aliphatic rings. The van der Waals surface area contributed by atoms with Crippen LogP contribution in [0.3, 0.4) is 0 Å². The Morgan fingerprint density at radius 3 is 2.11 bits per heavy atom. The van der Waals surface area contributed by atoms with Crippen molar-refractivity contribution in [2.45, 2.75) is 76.3 Å². The summed E-state index contributed by atoms with van der Waals surface area (Å²) in [6, 6.07) is 0. The van der Waals surface area contributed by atoms with Gasteiger partial charge < -0.3 is 0 Å². The zero-order valence-corrected chi connectivity index (χ0v) is 12.6. The van der Waals surface area contributed by atoms with E-state index in [1.807, 2.05) is 0 Å². The molecule has 3 rings (SSSR count). The molecule has 0 spiro atoms. The molecule has 102 valence electrons. The van der Waals surface area contributed by atoms with Crippen LogP contribution in [-0.4, -0.2) is 15.7 Å². The van der Waals surface area contributed by atoms with Gasteiger partial charge in [-0.05, 0) is 55.3 Å². The lowest BCUT2D eigenvalue weighted by Crippen LogP contribution is -2.47. The molecule has 0 aromatic rings. The van der Waals surface area contributed by atoms with E-state index >= 15 is 0 Å². The molecular formula is C17H28B2. The van der Waals surface area contributed by atoms with E-state index in [-0.39, 0.29) is 0 Å². The first-order valence-corrected chi connectivity index (χ1v) is 8.71. The van der Waals surface area contributed by atoms with Gasteiger partial charge in [0.25, 0.3) is 0 Å². The third-order valence-corrected chi connectivity index (χ3v) is 6.77. The Bertz CT molecular complexity index is 312. The Morgan fingerprint density at radius 1 is 0.842 bits per heavy atom. The third-order valence-electron chi connectivity index (χ3n) is 6.77. The van der Waals surface area contributed by atoms with Crippen molar-refractivity contribution in [3.8, 4) is 0 Å². The summed E-state index contributed by atoms with van der Waals surface area (Å²) in [7, 11) is 13.0. The molecule has 0 amide bonds. The van der Waals surface area contributed by atoms with E-state index in [0.717, 1.165) is 30.1 Å². The Balaban J connectivity index is 1.85. The van der Waals surface area contributed by atoms with Crippen LogP contribution in [0.15, 0.2) is 0 Å². The first-order chi connectivity index (χ1) is 9.13. The fourth-order valence-corrected chi connectivity index (χ4v) is 5.69. The zero-order chi connectivity index (χ0) is 13.5. The fraction of sp³-hybridized carbons (Fsp3) is 1.00. The summed E-state index contributed by atoms with van der Waals surface area (Å²) in [6.45, 7) is 2.17. The predicted molar refractivity (Wildman–Crippen MR) is 83.5 cm³/mol. The minimum absolute atomic E-state index is 0.414. The zero-order valence-electron chi connectivity index (χ0n) is 12.6. The maximum atomic E-state index is 6.50. The lowest BCUT2D eigenvalue weighted by Gasteiger charge is -2.56. The van der Waals surface area contributed by atoms with Crippen LogP contribution in [0, 0.1) is 29.6 Å². The summed E-state index contributed by atoms with van der Waals surface area (Å²) in [5.41, 5.74) is 0. The second-order valence-corrected chi connectivity index (χ2v) is 7.63. The van der Waals surface area contributed by atoms with Gasteiger partial charge in [0.15, 0.2) is 0 Å². The van der Waals surface area contributed by atoms with Crippen LogP contribution >= 0.6 is 0 Å². The Hall–Kier alpha value is 0.130. The number of rotatable bonds is 2. The lowest BCUT2D eigenvalue weighted by atomic mass is 9.39. The minimum atomic E-state index is -0.414.